The summed E-state index contributed by atoms with van der Waals surface area (Å²) in [5.41, 5.74) is 0.157. The second-order valence-corrected chi connectivity index (χ2v) is 1.38. The summed E-state index contributed by atoms with van der Waals surface area (Å²) in [5.74, 6) is -1.03. The van der Waals surface area contributed by atoms with Crippen LogP contribution in [0.3, 0.4) is 0 Å². The van der Waals surface area contributed by atoms with E-state index in [0.29, 0.717) is 0 Å². The minimum absolute atomic E-state index is 0.157. The molecule has 0 bridgehead atoms. The Kier molecular flexibility index (Phi) is 0.901. The molecule has 0 aromatic heterocycles. The monoisotopic (exact) mass is 112 g/mol. The fourth-order valence-corrected chi connectivity index (χ4v) is 0.467. The Morgan fingerprint density at radius 3 is 2.00 bits per heavy atom. The average Bonchev–Trinajstić information content (AvgIpc) is 1.67. The van der Waals surface area contributed by atoms with Crippen molar-refractivity contribution >= 4 is 11.9 Å². The zero-order valence-corrected chi connectivity index (χ0v) is 4.30. The zero-order valence-electron chi connectivity index (χ0n) is 4.30. The lowest BCUT2D eigenvalue weighted by Crippen LogP contribution is -2.30. The van der Waals surface area contributed by atoms with Gasteiger partial charge in [0.05, 0.1) is 0 Å². The van der Waals surface area contributed by atoms with Gasteiger partial charge in [0.2, 0.25) is 0 Å². The maximum atomic E-state index is 10.2. The van der Waals surface area contributed by atoms with Gasteiger partial charge in [0.1, 0.15) is 5.57 Å². The summed E-state index contributed by atoms with van der Waals surface area (Å²) in [6.07, 6.45) is 1.44. The quantitative estimate of drug-likeness (QED) is 0.192. The molecule has 0 spiro atoms. The van der Waals surface area contributed by atoms with E-state index in [1.165, 1.54) is 6.08 Å². The van der Waals surface area contributed by atoms with Crippen LogP contribution >= 0.6 is 0 Å². The Balaban J connectivity index is 2.81. The van der Waals surface area contributed by atoms with Crippen LogP contribution in [0.15, 0.2) is 11.6 Å². The normalized spacial score (nSPS) is 17.4. The molecule has 0 saturated carbocycles. The molecular formula is C5H4O3. The molecule has 1 aliphatic rings. The van der Waals surface area contributed by atoms with Crippen LogP contribution in [-0.4, -0.2) is 11.9 Å². The SMILES string of the molecule is CC=C1C(=O)OC1=O. The lowest BCUT2D eigenvalue weighted by atomic mass is 10.2. The van der Waals surface area contributed by atoms with E-state index in [9.17, 15) is 9.59 Å². The van der Waals surface area contributed by atoms with Crippen LogP contribution in [0.2, 0.25) is 0 Å². The second kappa shape index (κ2) is 1.43. The summed E-state index contributed by atoms with van der Waals surface area (Å²) in [6.45, 7) is 1.62. The van der Waals surface area contributed by atoms with Crippen LogP contribution < -0.4 is 0 Å². The van der Waals surface area contributed by atoms with Gasteiger partial charge in [-0.05, 0) is 6.92 Å². The predicted molar refractivity (Wildman–Crippen MR) is 24.9 cm³/mol. The number of ether oxygens (including phenoxy) is 1. The van der Waals surface area contributed by atoms with Crippen molar-refractivity contribution in [3.8, 4) is 0 Å². The van der Waals surface area contributed by atoms with E-state index < -0.39 is 11.9 Å². The summed E-state index contributed by atoms with van der Waals surface area (Å²) < 4.78 is 4.00. The molecule has 3 nitrogen and oxygen atoms in total. The molecule has 0 radical (unpaired) electrons. The smallest absolute Gasteiger partial charge is 0.353 e. The fourth-order valence-electron chi connectivity index (χ4n) is 0.467. The van der Waals surface area contributed by atoms with Gasteiger partial charge in [-0.3, -0.25) is 0 Å². The molecule has 0 N–H and O–H groups in total. The van der Waals surface area contributed by atoms with Gasteiger partial charge in [0.15, 0.2) is 0 Å². The predicted octanol–water partition coefficient (Wildman–Crippen LogP) is 0.0161. The highest BCUT2D eigenvalue weighted by atomic mass is 16.6. The summed E-state index contributed by atoms with van der Waals surface area (Å²) in [5, 5.41) is 0. The fraction of sp³-hybridized carbons (Fsp3) is 0.200. The van der Waals surface area contributed by atoms with Crippen LogP contribution in [0.4, 0.5) is 0 Å². The van der Waals surface area contributed by atoms with Crippen molar-refractivity contribution in [1.29, 1.82) is 0 Å². The van der Waals surface area contributed by atoms with Crippen LogP contribution in [0.1, 0.15) is 6.92 Å². The van der Waals surface area contributed by atoms with Gasteiger partial charge < -0.3 is 4.74 Å². The number of carbonyl (C=O) groups is 2. The Hall–Kier alpha value is -1.12. The molecule has 1 aliphatic heterocycles. The van der Waals surface area contributed by atoms with E-state index >= 15 is 0 Å². The van der Waals surface area contributed by atoms with Gasteiger partial charge >= 0.3 is 11.9 Å². The van der Waals surface area contributed by atoms with E-state index in [2.05, 4.69) is 4.74 Å². The minimum Gasteiger partial charge on any atom is -0.385 e. The molecule has 0 atom stereocenters. The van der Waals surface area contributed by atoms with Gasteiger partial charge in [-0.25, -0.2) is 9.59 Å². The largest absolute Gasteiger partial charge is 0.385 e. The van der Waals surface area contributed by atoms with Gasteiger partial charge in [0, 0.05) is 0 Å². The molecule has 0 aliphatic carbocycles. The van der Waals surface area contributed by atoms with E-state index in [1.807, 2.05) is 0 Å². The number of carbonyl (C=O) groups excluding carboxylic acids is 2. The third-order valence-corrected chi connectivity index (χ3v) is 0.914. The van der Waals surface area contributed by atoms with Crippen LogP contribution in [0, 0.1) is 0 Å². The Morgan fingerprint density at radius 2 is 1.88 bits per heavy atom. The molecule has 1 rings (SSSR count). The number of hydrogen-bond donors (Lipinski definition) is 0. The highest BCUT2D eigenvalue weighted by molar-refractivity contribution is 6.26. The van der Waals surface area contributed by atoms with Crippen molar-refractivity contribution in [2.75, 3.05) is 0 Å². The van der Waals surface area contributed by atoms with Gasteiger partial charge in [0.25, 0.3) is 0 Å². The zero-order chi connectivity index (χ0) is 6.15. The third kappa shape index (κ3) is 0.443. The first-order valence-corrected chi connectivity index (χ1v) is 2.18. The van der Waals surface area contributed by atoms with Gasteiger partial charge in [-0.15, -0.1) is 0 Å². The maximum absolute atomic E-state index is 10.2. The molecule has 42 valence electrons. The topological polar surface area (TPSA) is 43.4 Å². The Morgan fingerprint density at radius 1 is 1.38 bits per heavy atom. The summed E-state index contributed by atoms with van der Waals surface area (Å²) in [6, 6.07) is 0. The van der Waals surface area contributed by atoms with Crippen molar-refractivity contribution in [2.24, 2.45) is 0 Å². The van der Waals surface area contributed by atoms with Crippen LogP contribution in [0.25, 0.3) is 0 Å². The number of hydrogen-bond acceptors (Lipinski definition) is 3. The molecule has 0 unspecified atom stereocenters. The van der Waals surface area contributed by atoms with E-state index in [0.717, 1.165) is 0 Å². The van der Waals surface area contributed by atoms with Crippen molar-refractivity contribution in [3.63, 3.8) is 0 Å². The molecule has 3 heteroatoms. The summed E-state index contributed by atoms with van der Waals surface area (Å²) >= 11 is 0. The lowest BCUT2D eigenvalue weighted by molar-refractivity contribution is -0.165. The van der Waals surface area contributed by atoms with Crippen molar-refractivity contribution in [2.45, 2.75) is 6.92 Å². The number of esters is 2. The summed E-state index contributed by atoms with van der Waals surface area (Å²) in [4.78, 5) is 20.3. The van der Waals surface area contributed by atoms with Crippen LogP contribution in [-0.2, 0) is 14.3 Å². The van der Waals surface area contributed by atoms with Gasteiger partial charge in [-0.1, -0.05) is 6.08 Å². The standard InChI is InChI=1S/C5H4O3/c1-2-3-4(6)8-5(3)7/h2H,1H3. The molecule has 1 fully saturated rings. The first kappa shape index (κ1) is 5.03. The third-order valence-electron chi connectivity index (χ3n) is 0.914. The Labute approximate surface area is 45.9 Å². The average molecular weight is 112 g/mol. The van der Waals surface area contributed by atoms with E-state index in [-0.39, 0.29) is 5.57 Å². The Bertz CT molecular complexity index is 162. The minimum atomic E-state index is -0.516. The highest BCUT2D eigenvalue weighted by Gasteiger charge is 2.33. The summed E-state index contributed by atoms with van der Waals surface area (Å²) in [7, 11) is 0. The molecule has 1 heterocycles. The molecule has 1 saturated heterocycles. The first-order valence-electron chi connectivity index (χ1n) is 2.18. The van der Waals surface area contributed by atoms with Crippen molar-refractivity contribution in [3.05, 3.63) is 11.6 Å². The van der Waals surface area contributed by atoms with E-state index in [1.54, 1.807) is 6.92 Å². The number of rotatable bonds is 0. The van der Waals surface area contributed by atoms with Crippen LogP contribution in [0.5, 0.6) is 0 Å². The molecule has 0 aromatic carbocycles. The molecule has 0 amide bonds. The molecular weight excluding hydrogens is 108 g/mol. The lowest BCUT2D eigenvalue weighted by Gasteiger charge is -2.11. The second-order valence-electron chi connectivity index (χ2n) is 1.38. The van der Waals surface area contributed by atoms with Gasteiger partial charge in [-0.2, -0.15) is 0 Å². The van der Waals surface area contributed by atoms with Crippen molar-refractivity contribution in [1.82, 2.24) is 0 Å². The molecule has 0 aromatic rings. The molecule has 8 heavy (non-hydrogen) atoms. The maximum Gasteiger partial charge on any atom is 0.353 e. The number of cyclic esters (lactones) is 2. The van der Waals surface area contributed by atoms with E-state index in [4.69, 9.17) is 0 Å². The van der Waals surface area contributed by atoms with Crippen molar-refractivity contribution < 1.29 is 14.3 Å². The number of allylic oxidation sites excluding steroid dienone is 1. The highest BCUT2D eigenvalue weighted by Crippen LogP contribution is 2.11. The first-order chi connectivity index (χ1) is 3.75.